The Morgan fingerprint density at radius 2 is 1.72 bits per heavy atom. The fourth-order valence-corrected chi connectivity index (χ4v) is 6.97. The Hall–Kier alpha value is -4.60. The van der Waals surface area contributed by atoms with Gasteiger partial charge in [0, 0.05) is 22.6 Å². The number of rotatable bonds is 9. The Morgan fingerprint density at radius 1 is 0.977 bits per heavy atom. The first kappa shape index (κ1) is 28.5. The average Bonchev–Trinajstić information content (AvgIpc) is 3.47. The molecular weight excluding hydrogens is 579 g/mol. The number of fused-ring (bicyclic) bond motifs is 2. The van der Waals surface area contributed by atoms with Crippen LogP contribution in [0.1, 0.15) is 28.2 Å². The molecule has 0 radical (unpaired) electrons. The zero-order chi connectivity index (χ0) is 29.8. The lowest BCUT2D eigenvalue weighted by atomic mass is 9.80. The summed E-state index contributed by atoms with van der Waals surface area (Å²) >= 11 is 2.97. The summed E-state index contributed by atoms with van der Waals surface area (Å²) in [6, 6.07) is 29.9. The molecule has 1 aliphatic heterocycles. The van der Waals surface area contributed by atoms with Gasteiger partial charge in [0.15, 0.2) is 15.8 Å². The van der Waals surface area contributed by atoms with Crippen molar-refractivity contribution in [2.24, 2.45) is 5.10 Å². The van der Waals surface area contributed by atoms with E-state index in [4.69, 9.17) is 14.2 Å². The first-order valence-corrected chi connectivity index (χ1v) is 15.4. The van der Waals surface area contributed by atoms with Crippen molar-refractivity contribution in [2.45, 2.75) is 17.2 Å². The monoisotopic (exact) mass is 607 g/mol. The number of benzene rings is 4. The number of hydrogen-bond acceptors (Lipinski definition) is 8. The van der Waals surface area contributed by atoms with Crippen LogP contribution in [0.2, 0.25) is 0 Å². The van der Waals surface area contributed by atoms with Gasteiger partial charge in [0.25, 0.3) is 5.91 Å². The summed E-state index contributed by atoms with van der Waals surface area (Å²) < 4.78 is 19.6. The van der Waals surface area contributed by atoms with Gasteiger partial charge in [-0.2, -0.15) is 5.10 Å². The molecule has 7 nitrogen and oxygen atoms in total. The van der Waals surface area contributed by atoms with Crippen LogP contribution < -0.4 is 19.6 Å². The summed E-state index contributed by atoms with van der Waals surface area (Å²) in [7, 11) is 3.21. The second-order valence-corrected chi connectivity index (χ2v) is 12.1. The van der Waals surface area contributed by atoms with Gasteiger partial charge >= 0.3 is 0 Å². The van der Waals surface area contributed by atoms with Gasteiger partial charge in [-0.15, -0.1) is 11.3 Å². The first-order chi connectivity index (χ1) is 21.1. The quantitative estimate of drug-likeness (QED) is 0.106. The minimum Gasteiger partial charge on any atom is -0.493 e. The molecule has 0 fully saturated rings. The molecule has 0 aliphatic carbocycles. The largest absolute Gasteiger partial charge is 0.493 e. The van der Waals surface area contributed by atoms with E-state index in [0.29, 0.717) is 17.3 Å². The molecule has 1 amide bonds. The number of carbonyl (C=O) groups is 1. The molecule has 4 aromatic carbocycles. The fourth-order valence-electron chi connectivity index (χ4n) is 5.11. The van der Waals surface area contributed by atoms with E-state index in [1.54, 1.807) is 31.8 Å². The van der Waals surface area contributed by atoms with Gasteiger partial charge in [-0.1, -0.05) is 66.4 Å². The van der Waals surface area contributed by atoms with E-state index in [-0.39, 0.29) is 17.6 Å². The van der Waals surface area contributed by atoms with Crippen LogP contribution in [0.25, 0.3) is 16.0 Å². The van der Waals surface area contributed by atoms with E-state index in [9.17, 15) is 4.79 Å². The maximum absolute atomic E-state index is 12.8. The van der Waals surface area contributed by atoms with Crippen LogP contribution in [0.4, 0.5) is 0 Å². The molecule has 0 bridgehead atoms. The summed E-state index contributed by atoms with van der Waals surface area (Å²) in [5.41, 5.74) is 8.52. The molecule has 2 heterocycles. The van der Waals surface area contributed by atoms with Crippen LogP contribution >= 0.6 is 23.1 Å². The number of nitrogens with zero attached hydrogens (tertiary/aromatic N) is 2. The number of allylic oxidation sites excluding steroid dienone is 1. The third-order valence-electron chi connectivity index (χ3n) is 7.15. The number of aromatic nitrogens is 1. The SMILES string of the molecule is COc1ccc(C2=C(C=NNC(=O)CSc3nc4ccccc4s3)[C@@H](c3ccccc3C)c3ccccc3O2)cc1OC. The highest BCUT2D eigenvalue weighted by Crippen LogP contribution is 2.46. The van der Waals surface area contributed by atoms with E-state index in [2.05, 4.69) is 40.6 Å². The van der Waals surface area contributed by atoms with Crippen molar-refractivity contribution in [1.29, 1.82) is 0 Å². The molecular formula is C34H29N3O4S2. The summed E-state index contributed by atoms with van der Waals surface area (Å²) in [4.78, 5) is 17.4. The van der Waals surface area contributed by atoms with Crippen LogP contribution in [0.3, 0.4) is 0 Å². The number of thioether (sulfide) groups is 1. The van der Waals surface area contributed by atoms with Crippen molar-refractivity contribution in [1.82, 2.24) is 10.4 Å². The Morgan fingerprint density at radius 3 is 2.51 bits per heavy atom. The Kier molecular flexibility index (Phi) is 8.44. The first-order valence-electron chi connectivity index (χ1n) is 13.6. The summed E-state index contributed by atoms with van der Waals surface area (Å²) in [5.74, 6) is 2.36. The number of methoxy groups -OCH3 is 2. The lowest BCUT2D eigenvalue weighted by Gasteiger charge is -2.30. The molecule has 0 saturated heterocycles. The topological polar surface area (TPSA) is 82.0 Å². The van der Waals surface area contributed by atoms with Crippen LogP contribution in [-0.2, 0) is 4.79 Å². The average molecular weight is 608 g/mol. The van der Waals surface area contributed by atoms with Gasteiger partial charge in [-0.05, 0) is 54.4 Å². The van der Waals surface area contributed by atoms with E-state index < -0.39 is 0 Å². The number of hydrazone groups is 1. The normalized spacial score (nSPS) is 14.4. The van der Waals surface area contributed by atoms with Crippen LogP contribution in [0.5, 0.6) is 17.2 Å². The minimum atomic E-state index is -0.224. The van der Waals surface area contributed by atoms with Crippen molar-refractivity contribution in [3.8, 4) is 17.2 Å². The van der Waals surface area contributed by atoms with E-state index in [1.165, 1.54) is 11.8 Å². The summed E-state index contributed by atoms with van der Waals surface area (Å²) in [6.45, 7) is 2.10. The molecule has 216 valence electrons. The van der Waals surface area contributed by atoms with E-state index in [1.807, 2.05) is 72.8 Å². The van der Waals surface area contributed by atoms with Gasteiger partial charge in [0.2, 0.25) is 0 Å². The zero-order valence-electron chi connectivity index (χ0n) is 23.9. The summed E-state index contributed by atoms with van der Waals surface area (Å²) in [6.07, 6.45) is 1.69. The van der Waals surface area contributed by atoms with Crippen LogP contribution in [0.15, 0.2) is 106 Å². The smallest absolute Gasteiger partial charge is 0.250 e. The molecule has 1 N–H and O–H groups in total. The standard InChI is InChI=1S/C34H29N3O4S2/c1-21-10-4-5-11-23(21)32-24-12-6-8-14-27(24)41-33(22-16-17-28(39-2)29(18-22)40-3)25(32)19-35-37-31(38)20-42-34-36-26-13-7-9-15-30(26)43-34/h4-19,32H,20H2,1-3H3,(H,37,38)/t32-/m0/s1. The molecule has 0 spiro atoms. The van der Waals surface area contributed by atoms with Crippen molar-refractivity contribution >= 4 is 51.2 Å². The molecule has 1 atom stereocenters. The Labute approximate surface area is 258 Å². The number of para-hydroxylation sites is 2. The lowest BCUT2D eigenvalue weighted by Crippen LogP contribution is -2.22. The van der Waals surface area contributed by atoms with Gasteiger partial charge in [-0.3, -0.25) is 4.79 Å². The van der Waals surface area contributed by atoms with Crippen molar-refractivity contribution < 1.29 is 19.0 Å². The van der Waals surface area contributed by atoms with E-state index >= 15 is 0 Å². The van der Waals surface area contributed by atoms with Crippen molar-refractivity contribution in [3.63, 3.8) is 0 Å². The molecule has 6 rings (SSSR count). The third kappa shape index (κ3) is 6.00. The predicted octanol–water partition coefficient (Wildman–Crippen LogP) is 7.45. The fraction of sp³-hybridized carbons (Fsp3) is 0.147. The maximum atomic E-state index is 12.8. The highest BCUT2D eigenvalue weighted by atomic mass is 32.2. The minimum absolute atomic E-state index is 0.188. The molecule has 5 aromatic rings. The number of carbonyl (C=O) groups excluding carboxylic acids is 1. The third-order valence-corrected chi connectivity index (χ3v) is 9.33. The molecule has 1 aliphatic rings. The second-order valence-electron chi connectivity index (χ2n) is 9.81. The van der Waals surface area contributed by atoms with Crippen LogP contribution in [-0.4, -0.2) is 37.1 Å². The zero-order valence-corrected chi connectivity index (χ0v) is 25.5. The number of ether oxygens (including phenoxy) is 3. The van der Waals surface area contributed by atoms with Crippen molar-refractivity contribution in [3.05, 3.63) is 119 Å². The van der Waals surface area contributed by atoms with Gasteiger partial charge in [0.05, 0.1) is 36.4 Å². The lowest BCUT2D eigenvalue weighted by molar-refractivity contribution is -0.118. The molecule has 0 unspecified atom stereocenters. The van der Waals surface area contributed by atoms with Gasteiger partial charge < -0.3 is 14.2 Å². The predicted molar refractivity (Wildman–Crippen MR) is 174 cm³/mol. The maximum Gasteiger partial charge on any atom is 0.250 e. The molecule has 1 aromatic heterocycles. The number of aryl methyl sites for hydroxylation is 1. The molecule has 43 heavy (non-hydrogen) atoms. The Bertz CT molecular complexity index is 1830. The highest BCUT2D eigenvalue weighted by Gasteiger charge is 2.32. The van der Waals surface area contributed by atoms with E-state index in [0.717, 1.165) is 48.1 Å². The summed E-state index contributed by atoms with van der Waals surface area (Å²) in [5, 5.41) is 4.43. The number of amides is 1. The number of nitrogens with one attached hydrogen (secondary N) is 1. The van der Waals surface area contributed by atoms with Gasteiger partial charge in [0.1, 0.15) is 11.5 Å². The molecule has 9 heteroatoms. The number of hydrogen-bond donors (Lipinski definition) is 1. The molecule has 0 saturated carbocycles. The Balaban J connectivity index is 1.35. The van der Waals surface area contributed by atoms with Crippen molar-refractivity contribution in [2.75, 3.05) is 20.0 Å². The second kappa shape index (κ2) is 12.7. The highest BCUT2D eigenvalue weighted by molar-refractivity contribution is 8.01. The number of thiazole rings is 1. The van der Waals surface area contributed by atoms with Gasteiger partial charge in [-0.25, -0.2) is 10.4 Å². The van der Waals surface area contributed by atoms with Crippen LogP contribution in [0, 0.1) is 6.92 Å².